The van der Waals surface area contributed by atoms with Crippen molar-refractivity contribution in [2.24, 2.45) is 17.3 Å². The van der Waals surface area contributed by atoms with Crippen LogP contribution in [0.25, 0.3) is 0 Å². The van der Waals surface area contributed by atoms with Crippen LogP contribution >= 0.6 is 0 Å². The SMILES string of the molecule is C=C[C@@H]1[C@@H]2[C@H](CN1C(=O)C[C@@H](C)OC1(C)CC1)C2(C)C. The van der Waals surface area contributed by atoms with Crippen LogP contribution in [0, 0.1) is 17.3 Å². The number of likely N-dealkylation sites (tertiary alicyclic amines) is 1. The number of hydrogen-bond acceptors (Lipinski definition) is 2. The zero-order valence-corrected chi connectivity index (χ0v) is 13.2. The highest BCUT2D eigenvalue weighted by molar-refractivity contribution is 5.78. The lowest BCUT2D eigenvalue weighted by atomic mass is 10.0. The molecule has 112 valence electrons. The van der Waals surface area contributed by atoms with Gasteiger partial charge in [0.1, 0.15) is 0 Å². The largest absolute Gasteiger partial charge is 0.372 e. The number of carbonyl (C=O) groups excluding carboxylic acids is 1. The molecule has 4 atom stereocenters. The summed E-state index contributed by atoms with van der Waals surface area (Å²) >= 11 is 0. The molecule has 3 fully saturated rings. The van der Waals surface area contributed by atoms with E-state index >= 15 is 0 Å². The van der Waals surface area contributed by atoms with Gasteiger partial charge >= 0.3 is 0 Å². The molecule has 1 heterocycles. The van der Waals surface area contributed by atoms with E-state index in [9.17, 15) is 4.79 Å². The highest BCUT2D eigenvalue weighted by atomic mass is 16.5. The second-order valence-corrected chi connectivity index (χ2v) is 7.81. The molecule has 1 aliphatic heterocycles. The number of amides is 1. The van der Waals surface area contributed by atoms with E-state index in [-0.39, 0.29) is 23.7 Å². The van der Waals surface area contributed by atoms with Gasteiger partial charge in [-0.15, -0.1) is 6.58 Å². The van der Waals surface area contributed by atoms with Gasteiger partial charge in [0.25, 0.3) is 0 Å². The first-order valence-electron chi connectivity index (χ1n) is 7.88. The second-order valence-electron chi connectivity index (χ2n) is 7.81. The van der Waals surface area contributed by atoms with E-state index in [4.69, 9.17) is 4.74 Å². The summed E-state index contributed by atoms with van der Waals surface area (Å²) in [6.45, 7) is 13.6. The Hall–Kier alpha value is -0.830. The van der Waals surface area contributed by atoms with Crippen LogP contribution in [0.5, 0.6) is 0 Å². The van der Waals surface area contributed by atoms with Gasteiger partial charge in [0.05, 0.1) is 24.2 Å². The predicted molar refractivity (Wildman–Crippen MR) is 79.3 cm³/mol. The molecule has 0 bridgehead atoms. The molecular formula is C17H27NO2. The first kappa shape index (κ1) is 14.1. The van der Waals surface area contributed by atoms with Crippen LogP contribution in [0.3, 0.4) is 0 Å². The van der Waals surface area contributed by atoms with Crippen molar-refractivity contribution in [2.45, 2.75) is 64.7 Å². The number of rotatable bonds is 5. The van der Waals surface area contributed by atoms with E-state index in [1.165, 1.54) is 0 Å². The Morgan fingerprint density at radius 1 is 1.45 bits per heavy atom. The Bertz CT molecular complexity index is 438. The molecule has 1 saturated heterocycles. The lowest BCUT2D eigenvalue weighted by molar-refractivity contribution is -0.136. The summed E-state index contributed by atoms with van der Waals surface area (Å²) in [6, 6.07) is 0.228. The van der Waals surface area contributed by atoms with Crippen LogP contribution in [0.1, 0.15) is 47.0 Å². The van der Waals surface area contributed by atoms with Crippen molar-refractivity contribution in [2.75, 3.05) is 6.54 Å². The van der Waals surface area contributed by atoms with Crippen LogP contribution in [0.15, 0.2) is 12.7 Å². The van der Waals surface area contributed by atoms with Gasteiger partial charge in [-0.2, -0.15) is 0 Å². The van der Waals surface area contributed by atoms with E-state index in [0.29, 0.717) is 23.7 Å². The minimum atomic E-state index is 0.0189. The highest BCUT2D eigenvalue weighted by Gasteiger charge is 2.66. The highest BCUT2D eigenvalue weighted by Crippen LogP contribution is 2.65. The summed E-state index contributed by atoms with van der Waals surface area (Å²) < 4.78 is 5.95. The molecule has 0 aromatic carbocycles. The normalized spacial score (nSPS) is 37.2. The standard InChI is InChI=1S/C17H27NO2/c1-6-13-15-12(16(15,3)4)10-18(13)14(19)9-11(2)20-17(5)7-8-17/h6,11-13,15H,1,7-10H2,2-5H3/t11-,12+,13-,15+/m1/s1. The Balaban J connectivity index is 1.57. The Morgan fingerprint density at radius 2 is 2.10 bits per heavy atom. The fourth-order valence-electron chi connectivity index (χ4n) is 4.07. The van der Waals surface area contributed by atoms with Crippen molar-refractivity contribution in [3.63, 3.8) is 0 Å². The number of fused-ring (bicyclic) bond motifs is 1. The molecule has 0 unspecified atom stereocenters. The molecule has 3 heteroatoms. The van der Waals surface area contributed by atoms with Crippen LogP contribution in [-0.4, -0.2) is 35.1 Å². The van der Waals surface area contributed by atoms with Gasteiger partial charge in [0.2, 0.25) is 5.91 Å². The van der Waals surface area contributed by atoms with Crippen molar-refractivity contribution in [1.82, 2.24) is 4.90 Å². The quantitative estimate of drug-likeness (QED) is 0.723. The Morgan fingerprint density at radius 3 is 2.65 bits per heavy atom. The minimum Gasteiger partial charge on any atom is -0.372 e. The first-order chi connectivity index (χ1) is 9.28. The molecule has 3 aliphatic rings. The van der Waals surface area contributed by atoms with Crippen LogP contribution in [0.2, 0.25) is 0 Å². The average Bonchev–Trinajstić information content (AvgIpc) is 3.11. The van der Waals surface area contributed by atoms with E-state index < -0.39 is 0 Å². The molecule has 0 aromatic heterocycles. The smallest absolute Gasteiger partial charge is 0.225 e. The van der Waals surface area contributed by atoms with Gasteiger partial charge in [-0.3, -0.25) is 4.79 Å². The maximum absolute atomic E-state index is 12.5. The topological polar surface area (TPSA) is 29.5 Å². The van der Waals surface area contributed by atoms with Gasteiger partial charge in [0, 0.05) is 6.54 Å². The zero-order valence-electron chi connectivity index (χ0n) is 13.2. The summed E-state index contributed by atoms with van der Waals surface area (Å²) in [5, 5.41) is 0. The number of hydrogen-bond donors (Lipinski definition) is 0. The zero-order chi connectivity index (χ0) is 14.7. The van der Waals surface area contributed by atoms with E-state index in [2.05, 4.69) is 27.4 Å². The van der Waals surface area contributed by atoms with E-state index in [1.54, 1.807) is 0 Å². The van der Waals surface area contributed by atoms with Gasteiger partial charge in [-0.1, -0.05) is 19.9 Å². The summed E-state index contributed by atoms with van der Waals surface area (Å²) in [5.74, 6) is 1.50. The third-order valence-corrected chi connectivity index (χ3v) is 5.72. The molecular weight excluding hydrogens is 250 g/mol. The maximum atomic E-state index is 12.5. The molecule has 3 rings (SSSR count). The molecule has 3 nitrogen and oxygen atoms in total. The minimum absolute atomic E-state index is 0.0189. The van der Waals surface area contributed by atoms with E-state index in [1.807, 2.05) is 17.9 Å². The van der Waals surface area contributed by atoms with Crippen molar-refractivity contribution in [3.8, 4) is 0 Å². The van der Waals surface area contributed by atoms with Gasteiger partial charge in [0.15, 0.2) is 0 Å². The third kappa shape index (κ3) is 2.20. The van der Waals surface area contributed by atoms with Crippen LogP contribution in [-0.2, 0) is 9.53 Å². The third-order valence-electron chi connectivity index (χ3n) is 5.72. The molecule has 2 saturated carbocycles. The summed E-state index contributed by atoms with van der Waals surface area (Å²) in [7, 11) is 0. The molecule has 20 heavy (non-hydrogen) atoms. The van der Waals surface area contributed by atoms with Gasteiger partial charge in [-0.05, 0) is 43.9 Å². The van der Waals surface area contributed by atoms with Crippen LogP contribution in [0.4, 0.5) is 0 Å². The van der Waals surface area contributed by atoms with E-state index in [0.717, 1.165) is 19.4 Å². The Labute approximate surface area is 122 Å². The molecule has 0 radical (unpaired) electrons. The fraction of sp³-hybridized carbons (Fsp3) is 0.824. The fourth-order valence-corrected chi connectivity index (χ4v) is 4.07. The number of carbonyl (C=O) groups is 1. The summed E-state index contributed by atoms with van der Waals surface area (Å²) in [4.78, 5) is 14.5. The average molecular weight is 277 g/mol. The molecule has 0 N–H and O–H groups in total. The monoisotopic (exact) mass is 277 g/mol. The molecule has 2 aliphatic carbocycles. The van der Waals surface area contributed by atoms with Crippen molar-refractivity contribution >= 4 is 5.91 Å². The first-order valence-corrected chi connectivity index (χ1v) is 7.88. The number of ether oxygens (including phenoxy) is 1. The predicted octanol–water partition coefficient (Wildman–Crippen LogP) is 3.00. The number of nitrogens with zero attached hydrogens (tertiary/aromatic N) is 1. The van der Waals surface area contributed by atoms with Crippen molar-refractivity contribution in [1.29, 1.82) is 0 Å². The van der Waals surface area contributed by atoms with Gasteiger partial charge in [-0.25, -0.2) is 0 Å². The lowest BCUT2D eigenvalue weighted by Crippen LogP contribution is -2.41. The molecule has 1 amide bonds. The second kappa shape index (κ2) is 4.33. The lowest BCUT2D eigenvalue weighted by Gasteiger charge is -2.30. The molecule has 0 aromatic rings. The summed E-state index contributed by atoms with van der Waals surface area (Å²) in [6.07, 6.45) is 4.74. The van der Waals surface area contributed by atoms with Crippen molar-refractivity contribution < 1.29 is 9.53 Å². The summed E-state index contributed by atoms with van der Waals surface area (Å²) in [5.41, 5.74) is 0.436. The van der Waals surface area contributed by atoms with Gasteiger partial charge < -0.3 is 9.64 Å². The Kier molecular flexibility index (Phi) is 3.06. The molecule has 0 spiro atoms. The number of piperidine rings is 1. The van der Waals surface area contributed by atoms with Crippen LogP contribution < -0.4 is 0 Å². The maximum Gasteiger partial charge on any atom is 0.225 e. The van der Waals surface area contributed by atoms with Crippen molar-refractivity contribution in [3.05, 3.63) is 12.7 Å².